The smallest absolute Gasteiger partial charge is 0.268 e. The van der Waals surface area contributed by atoms with Crippen molar-refractivity contribution in [2.75, 3.05) is 23.3 Å². The average molecular weight is 422 g/mol. The molecule has 1 aliphatic heterocycles. The number of hydrogen-bond acceptors (Lipinski definition) is 7. The predicted octanol–water partition coefficient (Wildman–Crippen LogP) is 2.34. The molecule has 0 saturated carbocycles. The molecule has 0 spiro atoms. The van der Waals surface area contributed by atoms with E-state index >= 15 is 0 Å². The number of amides is 1. The number of fused-ring (bicyclic) bond motifs is 1. The van der Waals surface area contributed by atoms with Gasteiger partial charge in [-0.1, -0.05) is 11.3 Å². The van der Waals surface area contributed by atoms with Crippen LogP contribution in [0.2, 0.25) is 0 Å². The highest BCUT2D eigenvalue weighted by atomic mass is 32.2. The van der Waals surface area contributed by atoms with Gasteiger partial charge >= 0.3 is 0 Å². The fraction of sp³-hybridized carbons (Fsp3) is 0.353. The molecule has 0 aliphatic carbocycles. The molecule has 3 aromatic rings. The molecule has 2 aromatic heterocycles. The third kappa shape index (κ3) is 3.10. The Kier molecular flexibility index (Phi) is 4.50. The summed E-state index contributed by atoms with van der Waals surface area (Å²) in [4.78, 5) is 19.4. The predicted molar refractivity (Wildman–Crippen MR) is 106 cm³/mol. The number of thiazole rings is 1. The van der Waals surface area contributed by atoms with Gasteiger partial charge in [-0.25, -0.2) is 17.7 Å². The van der Waals surface area contributed by atoms with E-state index in [2.05, 4.69) is 14.8 Å². The van der Waals surface area contributed by atoms with Crippen molar-refractivity contribution in [1.82, 2.24) is 14.6 Å². The van der Waals surface area contributed by atoms with Crippen LogP contribution in [-0.2, 0) is 14.8 Å². The van der Waals surface area contributed by atoms with Crippen molar-refractivity contribution in [1.29, 1.82) is 0 Å². The number of sulfonamides is 1. The molecule has 0 radical (unpaired) electrons. The second-order valence-electron chi connectivity index (χ2n) is 6.46. The quantitative estimate of drug-likeness (QED) is 0.678. The Balaban J connectivity index is 1.71. The number of rotatable bonds is 5. The Labute approximate surface area is 166 Å². The van der Waals surface area contributed by atoms with Gasteiger partial charge in [-0.05, 0) is 38.5 Å². The third-order valence-electron chi connectivity index (χ3n) is 4.70. The largest absolute Gasteiger partial charge is 0.495 e. The molecule has 1 fully saturated rings. The summed E-state index contributed by atoms with van der Waals surface area (Å²) in [7, 11) is -2.63. The second kappa shape index (κ2) is 6.74. The lowest BCUT2D eigenvalue weighted by molar-refractivity contribution is -0.117. The minimum absolute atomic E-state index is 0.0148. The molecule has 1 saturated heterocycles. The standard InChI is InChI=1S/C17H19N5O4S2/c1-10-11(2)27-17-18-16(19-22(10)17)20-28(24,25)14-9-12(6-7-13(14)26-3)21-8-4-5-15(21)23/h6-7,9H,4-5,8H2,1-3H3,(H,19,20). The fourth-order valence-corrected chi connectivity index (χ4v) is 5.16. The summed E-state index contributed by atoms with van der Waals surface area (Å²) in [6, 6.07) is 4.67. The summed E-state index contributed by atoms with van der Waals surface area (Å²) in [6.07, 6.45) is 1.21. The van der Waals surface area contributed by atoms with Gasteiger partial charge in [0.25, 0.3) is 16.0 Å². The van der Waals surface area contributed by atoms with Crippen molar-refractivity contribution >= 4 is 43.9 Å². The summed E-state index contributed by atoms with van der Waals surface area (Å²) in [6.45, 7) is 4.41. The van der Waals surface area contributed by atoms with Crippen LogP contribution in [0.5, 0.6) is 5.75 Å². The Bertz CT molecular complexity index is 1180. The van der Waals surface area contributed by atoms with E-state index < -0.39 is 10.0 Å². The van der Waals surface area contributed by atoms with E-state index in [1.165, 1.54) is 24.5 Å². The average Bonchev–Trinajstić information content (AvgIpc) is 3.32. The molecule has 1 N–H and O–H groups in total. The van der Waals surface area contributed by atoms with Gasteiger partial charge in [0.2, 0.25) is 10.9 Å². The fourth-order valence-electron chi connectivity index (χ4n) is 3.13. The zero-order valence-corrected chi connectivity index (χ0v) is 17.2. The number of anilines is 2. The Morgan fingerprint density at radius 1 is 1.29 bits per heavy atom. The Morgan fingerprint density at radius 2 is 2.07 bits per heavy atom. The van der Waals surface area contributed by atoms with Gasteiger partial charge in [-0.15, -0.1) is 5.10 Å². The Morgan fingerprint density at radius 3 is 2.71 bits per heavy atom. The molecule has 9 nitrogen and oxygen atoms in total. The minimum Gasteiger partial charge on any atom is -0.495 e. The monoisotopic (exact) mass is 421 g/mol. The first-order valence-corrected chi connectivity index (χ1v) is 10.9. The summed E-state index contributed by atoms with van der Waals surface area (Å²) in [5, 5.41) is 4.23. The van der Waals surface area contributed by atoms with E-state index in [1.807, 2.05) is 13.8 Å². The highest BCUT2D eigenvalue weighted by Crippen LogP contribution is 2.32. The van der Waals surface area contributed by atoms with Gasteiger partial charge in [0, 0.05) is 23.5 Å². The molecule has 11 heteroatoms. The van der Waals surface area contributed by atoms with Crippen molar-refractivity contribution in [2.24, 2.45) is 0 Å². The number of methoxy groups -OCH3 is 1. The first kappa shape index (κ1) is 18.7. The third-order valence-corrected chi connectivity index (χ3v) is 7.09. The molecule has 1 amide bonds. The first-order chi connectivity index (χ1) is 13.3. The molecular formula is C17H19N5O4S2. The van der Waals surface area contributed by atoms with Gasteiger partial charge in [-0.3, -0.25) is 4.79 Å². The SMILES string of the molecule is COc1ccc(N2CCCC2=O)cc1S(=O)(=O)Nc1nc2sc(C)c(C)n2n1. The van der Waals surface area contributed by atoms with Crippen LogP contribution in [0.4, 0.5) is 11.6 Å². The van der Waals surface area contributed by atoms with Crippen molar-refractivity contribution < 1.29 is 17.9 Å². The molecule has 0 unspecified atom stereocenters. The van der Waals surface area contributed by atoms with Gasteiger partial charge < -0.3 is 9.64 Å². The highest BCUT2D eigenvalue weighted by molar-refractivity contribution is 7.92. The zero-order chi connectivity index (χ0) is 20.1. The summed E-state index contributed by atoms with van der Waals surface area (Å²) in [5.74, 6) is 0.137. The summed E-state index contributed by atoms with van der Waals surface area (Å²) in [5.41, 5.74) is 1.43. The molecular weight excluding hydrogens is 402 g/mol. The number of carbonyl (C=O) groups is 1. The number of aryl methyl sites for hydroxylation is 2. The van der Waals surface area contributed by atoms with Gasteiger partial charge in [0.1, 0.15) is 10.6 Å². The van der Waals surface area contributed by atoms with Crippen LogP contribution in [0.1, 0.15) is 23.4 Å². The maximum Gasteiger partial charge on any atom is 0.268 e. The number of ether oxygens (including phenoxy) is 1. The lowest BCUT2D eigenvalue weighted by atomic mass is 10.3. The molecule has 1 aliphatic rings. The number of benzene rings is 1. The van der Waals surface area contributed by atoms with E-state index in [0.717, 1.165) is 17.0 Å². The van der Waals surface area contributed by atoms with Crippen LogP contribution in [-0.4, -0.2) is 42.6 Å². The molecule has 3 heterocycles. The molecule has 1 aromatic carbocycles. The maximum atomic E-state index is 13.0. The molecule has 28 heavy (non-hydrogen) atoms. The van der Waals surface area contributed by atoms with Crippen LogP contribution in [0.15, 0.2) is 23.1 Å². The van der Waals surface area contributed by atoms with E-state index in [0.29, 0.717) is 23.6 Å². The lowest BCUT2D eigenvalue weighted by Crippen LogP contribution is -2.24. The molecule has 4 rings (SSSR count). The lowest BCUT2D eigenvalue weighted by Gasteiger charge is -2.18. The molecule has 0 bridgehead atoms. The summed E-state index contributed by atoms with van der Waals surface area (Å²) < 4.78 is 35.2. The van der Waals surface area contributed by atoms with Crippen molar-refractivity contribution in [2.45, 2.75) is 31.6 Å². The van der Waals surface area contributed by atoms with Crippen LogP contribution >= 0.6 is 11.3 Å². The van der Waals surface area contributed by atoms with E-state index in [4.69, 9.17) is 4.74 Å². The van der Waals surface area contributed by atoms with Crippen LogP contribution in [0.3, 0.4) is 0 Å². The number of aromatic nitrogens is 3. The van der Waals surface area contributed by atoms with Crippen molar-refractivity contribution in [3.63, 3.8) is 0 Å². The number of nitrogens with one attached hydrogen (secondary N) is 1. The Hall–Kier alpha value is -2.66. The van der Waals surface area contributed by atoms with Crippen molar-refractivity contribution in [3.8, 4) is 5.75 Å². The molecule has 0 atom stereocenters. The second-order valence-corrected chi connectivity index (χ2v) is 9.30. The topological polar surface area (TPSA) is 106 Å². The first-order valence-electron chi connectivity index (χ1n) is 8.64. The van der Waals surface area contributed by atoms with Crippen molar-refractivity contribution in [3.05, 3.63) is 28.8 Å². The van der Waals surface area contributed by atoms with Crippen LogP contribution < -0.4 is 14.4 Å². The number of nitrogens with zero attached hydrogens (tertiary/aromatic N) is 4. The van der Waals surface area contributed by atoms with E-state index in [1.54, 1.807) is 21.5 Å². The van der Waals surface area contributed by atoms with Crippen LogP contribution in [0, 0.1) is 13.8 Å². The van der Waals surface area contributed by atoms with Gasteiger partial charge in [-0.2, -0.15) is 4.98 Å². The minimum atomic E-state index is -4.02. The maximum absolute atomic E-state index is 13.0. The van der Waals surface area contributed by atoms with Gasteiger partial charge in [0.05, 0.1) is 12.8 Å². The van der Waals surface area contributed by atoms with E-state index in [9.17, 15) is 13.2 Å². The van der Waals surface area contributed by atoms with Crippen LogP contribution in [0.25, 0.3) is 4.96 Å². The summed E-state index contributed by atoms with van der Waals surface area (Å²) >= 11 is 1.43. The van der Waals surface area contributed by atoms with Gasteiger partial charge in [0.15, 0.2) is 0 Å². The highest BCUT2D eigenvalue weighted by Gasteiger charge is 2.27. The number of carbonyl (C=O) groups excluding carboxylic acids is 1. The zero-order valence-electron chi connectivity index (χ0n) is 15.6. The van der Waals surface area contributed by atoms with E-state index in [-0.39, 0.29) is 22.5 Å². The molecule has 148 valence electrons. The normalized spacial score (nSPS) is 14.8. The number of hydrogen-bond donors (Lipinski definition) is 1.